The molecule has 0 unspecified atom stereocenters. The number of anilines is 1. The van der Waals surface area contributed by atoms with Crippen LogP contribution in [0.4, 0.5) is 5.82 Å². The van der Waals surface area contributed by atoms with Gasteiger partial charge in [-0.2, -0.15) is 5.10 Å². The van der Waals surface area contributed by atoms with Gasteiger partial charge in [-0.3, -0.25) is 5.10 Å². The Morgan fingerprint density at radius 2 is 2.15 bits per heavy atom. The molecule has 20 heavy (non-hydrogen) atoms. The van der Waals surface area contributed by atoms with Crippen molar-refractivity contribution in [3.8, 4) is 0 Å². The second kappa shape index (κ2) is 5.69. The Morgan fingerprint density at radius 3 is 3.00 bits per heavy atom. The van der Waals surface area contributed by atoms with Gasteiger partial charge in [0, 0.05) is 18.4 Å². The van der Waals surface area contributed by atoms with E-state index in [0.29, 0.717) is 0 Å². The number of fused-ring (bicyclic) bond motifs is 1. The molecule has 0 bridgehead atoms. The molecular formula is C15H17N5. The summed E-state index contributed by atoms with van der Waals surface area (Å²) in [5.41, 5.74) is 2.19. The number of hydrogen-bond donors (Lipinski definition) is 2. The zero-order chi connectivity index (χ0) is 13.8. The number of benzene rings is 1. The van der Waals surface area contributed by atoms with Crippen molar-refractivity contribution < 1.29 is 0 Å². The molecule has 0 aliphatic heterocycles. The smallest absolute Gasteiger partial charge is 0.137 e. The quantitative estimate of drug-likeness (QED) is 0.697. The predicted octanol–water partition coefficient (Wildman–Crippen LogP) is 2.71. The van der Waals surface area contributed by atoms with Crippen LogP contribution in [0.1, 0.15) is 17.8 Å². The topological polar surface area (TPSA) is 66.5 Å². The first-order valence-corrected chi connectivity index (χ1v) is 6.77. The number of para-hydroxylation sites is 1. The molecule has 0 aliphatic rings. The maximum Gasteiger partial charge on any atom is 0.137 e. The van der Waals surface area contributed by atoms with Gasteiger partial charge in [0.2, 0.25) is 0 Å². The highest BCUT2D eigenvalue weighted by Gasteiger charge is 2.03. The fraction of sp³-hybridized carbons (Fsp3) is 0.267. The maximum absolute atomic E-state index is 4.66. The highest BCUT2D eigenvalue weighted by atomic mass is 15.2. The molecule has 2 aromatic heterocycles. The molecule has 1 aromatic carbocycles. The summed E-state index contributed by atoms with van der Waals surface area (Å²) >= 11 is 0. The number of rotatable bonds is 5. The van der Waals surface area contributed by atoms with Crippen molar-refractivity contribution in [2.45, 2.75) is 19.8 Å². The molecule has 0 spiro atoms. The first kappa shape index (κ1) is 12.6. The van der Waals surface area contributed by atoms with Crippen LogP contribution in [-0.4, -0.2) is 26.7 Å². The van der Waals surface area contributed by atoms with E-state index in [4.69, 9.17) is 0 Å². The van der Waals surface area contributed by atoms with Crippen LogP contribution < -0.4 is 5.32 Å². The molecule has 0 atom stereocenters. The lowest BCUT2D eigenvalue weighted by atomic mass is 10.1. The molecule has 2 heterocycles. The molecule has 0 amide bonds. The number of pyridine rings is 1. The van der Waals surface area contributed by atoms with E-state index in [1.807, 2.05) is 18.2 Å². The van der Waals surface area contributed by atoms with E-state index < -0.39 is 0 Å². The average molecular weight is 267 g/mol. The van der Waals surface area contributed by atoms with Crippen LogP contribution in [-0.2, 0) is 6.42 Å². The summed E-state index contributed by atoms with van der Waals surface area (Å²) < 4.78 is 0. The zero-order valence-electron chi connectivity index (χ0n) is 11.4. The summed E-state index contributed by atoms with van der Waals surface area (Å²) in [4.78, 5) is 8.77. The molecular weight excluding hydrogens is 250 g/mol. The van der Waals surface area contributed by atoms with Gasteiger partial charge in [-0.05, 0) is 31.0 Å². The Balaban J connectivity index is 1.63. The fourth-order valence-corrected chi connectivity index (χ4v) is 2.21. The van der Waals surface area contributed by atoms with E-state index in [1.165, 1.54) is 17.3 Å². The maximum atomic E-state index is 4.66. The van der Waals surface area contributed by atoms with E-state index in [2.05, 4.69) is 44.5 Å². The molecule has 0 radical (unpaired) electrons. The van der Waals surface area contributed by atoms with Crippen LogP contribution in [0.3, 0.4) is 0 Å². The van der Waals surface area contributed by atoms with Crippen LogP contribution in [0.15, 0.2) is 36.7 Å². The van der Waals surface area contributed by atoms with Gasteiger partial charge in [-0.15, -0.1) is 0 Å². The Labute approximate surface area is 117 Å². The van der Waals surface area contributed by atoms with Crippen LogP contribution in [0, 0.1) is 6.92 Å². The van der Waals surface area contributed by atoms with Crippen molar-refractivity contribution in [1.29, 1.82) is 0 Å². The number of aryl methyl sites for hydroxylation is 2. The van der Waals surface area contributed by atoms with Gasteiger partial charge in [-0.1, -0.05) is 18.2 Å². The lowest BCUT2D eigenvalue weighted by molar-refractivity contribution is 0.803. The molecule has 0 saturated carbocycles. The van der Waals surface area contributed by atoms with Crippen LogP contribution in [0.2, 0.25) is 0 Å². The molecule has 3 aromatic rings. The van der Waals surface area contributed by atoms with Gasteiger partial charge in [0.25, 0.3) is 0 Å². The SMILES string of the molecule is Cc1cc2ccccc2nc1NCCCc1ncn[nH]1. The second-order valence-corrected chi connectivity index (χ2v) is 4.81. The highest BCUT2D eigenvalue weighted by Crippen LogP contribution is 2.19. The number of nitrogens with one attached hydrogen (secondary N) is 2. The van der Waals surface area contributed by atoms with Crippen molar-refractivity contribution in [2.75, 3.05) is 11.9 Å². The van der Waals surface area contributed by atoms with Crippen LogP contribution in [0.5, 0.6) is 0 Å². The summed E-state index contributed by atoms with van der Waals surface area (Å²) in [5.74, 6) is 1.89. The summed E-state index contributed by atoms with van der Waals surface area (Å²) in [7, 11) is 0. The van der Waals surface area contributed by atoms with Gasteiger partial charge in [0.05, 0.1) is 5.52 Å². The molecule has 102 valence electrons. The zero-order valence-corrected chi connectivity index (χ0v) is 11.4. The molecule has 5 nitrogen and oxygen atoms in total. The summed E-state index contributed by atoms with van der Waals surface area (Å²) in [5, 5.41) is 11.3. The van der Waals surface area contributed by atoms with Gasteiger partial charge in [-0.25, -0.2) is 9.97 Å². The standard InChI is InChI=1S/C15H17N5/c1-11-9-12-5-2-3-6-13(12)19-15(11)16-8-4-7-14-17-10-18-20-14/h2-3,5-6,9-10H,4,7-8H2,1H3,(H,16,19)(H,17,18,20). The number of aromatic amines is 1. The second-order valence-electron chi connectivity index (χ2n) is 4.81. The van der Waals surface area contributed by atoms with Crippen molar-refractivity contribution in [3.63, 3.8) is 0 Å². The van der Waals surface area contributed by atoms with E-state index in [1.54, 1.807) is 0 Å². The van der Waals surface area contributed by atoms with Crippen LogP contribution in [0.25, 0.3) is 10.9 Å². The largest absolute Gasteiger partial charge is 0.370 e. The van der Waals surface area contributed by atoms with Gasteiger partial charge in [0.1, 0.15) is 18.0 Å². The summed E-state index contributed by atoms with van der Waals surface area (Å²) in [6.07, 6.45) is 3.42. The van der Waals surface area contributed by atoms with E-state index >= 15 is 0 Å². The fourth-order valence-electron chi connectivity index (χ4n) is 2.21. The predicted molar refractivity (Wildman–Crippen MR) is 79.7 cm³/mol. The molecule has 0 aliphatic carbocycles. The summed E-state index contributed by atoms with van der Waals surface area (Å²) in [6, 6.07) is 10.3. The molecule has 0 fully saturated rings. The average Bonchev–Trinajstić information content (AvgIpc) is 2.97. The highest BCUT2D eigenvalue weighted by molar-refractivity contribution is 5.81. The third-order valence-electron chi connectivity index (χ3n) is 3.26. The number of H-pyrrole nitrogens is 1. The minimum absolute atomic E-state index is 0.868. The molecule has 5 heteroatoms. The number of aromatic nitrogens is 4. The van der Waals surface area contributed by atoms with E-state index in [0.717, 1.165) is 36.5 Å². The van der Waals surface area contributed by atoms with Gasteiger partial charge in [0.15, 0.2) is 0 Å². The number of nitrogens with zero attached hydrogens (tertiary/aromatic N) is 3. The van der Waals surface area contributed by atoms with Crippen molar-refractivity contribution in [3.05, 3.63) is 48.0 Å². The third-order valence-corrected chi connectivity index (χ3v) is 3.26. The molecule has 2 N–H and O–H groups in total. The minimum Gasteiger partial charge on any atom is -0.370 e. The van der Waals surface area contributed by atoms with Gasteiger partial charge >= 0.3 is 0 Å². The van der Waals surface area contributed by atoms with Crippen molar-refractivity contribution in [1.82, 2.24) is 20.2 Å². The van der Waals surface area contributed by atoms with Gasteiger partial charge < -0.3 is 5.32 Å². The minimum atomic E-state index is 0.868. The lowest BCUT2D eigenvalue weighted by Crippen LogP contribution is -2.06. The number of hydrogen-bond acceptors (Lipinski definition) is 4. The van der Waals surface area contributed by atoms with E-state index in [9.17, 15) is 0 Å². The third kappa shape index (κ3) is 2.77. The van der Waals surface area contributed by atoms with Crippen molar-refractivity contribution in [2.24, 2.45) is 0 Å². The Morgan fingerprint density at radius 1 is 1.25 bits per heavy atom. The normalized spacial score (nSPS) is 10.8. The Kier molecular flexibility index (Phi) is 3.58. The summed E-state index contributed by atoms with van der Waals surface area (Å²) in [6.45, 7) is 2.95. The van der Waals surface area contributed by atoms with Crippen molar-refractivity contribution >= 4 is 16.7 Å². The molecule has 3 rings (SSSR count). The van der Waals surface area contributed by atoms with E-state index in [-0.39, 0.29) is 0 Å². The Bertz CT molecular complexity index is 691. The van der Waals surface area contributed by atoms with Crippen LogP contribution >= 0.6 is 0 Å². The Hall–Kier alpha value is -2.43. The molecule has 0 saturated heterocycles. The first-order valence-electron chi connectivity index (χ1n) is 6.77. The monoisotopic (exact) mass is 267 g/mol. The lowest BCUT2D eigenvalue weighted by Gasteiger charge is -2.09. The first-order chi connectivity index (χ1) is 9.83.